The van der Waals surface area contributed by atoms with E-state index in [0.717, 1.165) is 47.9 Å². The van der Waals surface area contributed by atoms with Gasteiger partial charge in [-0.2, -0.15) is 5.10 Å². The van der Waals surface area contributed by atoms with E-state index < -0.39 is 0 Å². The molecule has 1 atom stereocenters. The van der Waals surface area contributed by atoms with Crippen molar-refractivity contribution in [2.75, 3.05) is 13.1 Å². The van der Waals surface area contributed by atoms with E-state index in [9.17, 15) is 4.79 Å². The van der Waals surface area contributed by atoms with Gasteiger partial charge in [0.05, 0.1) is 16.8 Å². The highest BCUT2D eigenvalue weighted by Crippen LogP contribution is 2.29. The van der Waals surface area contributed by atoms with Gasteiger partial charge in [-0.25, -0.2) is 9.97 Å². The minimum absolute atomic E-state index is 0.147. The first kappa shape index (κ1) is 15.3. The predicted molar refractivity (Wildman–Crippen MR) is 86.6 cm³/mol. The summed E-state index contributed by atoms with van der Waals surface area (Å²) in [6.07, 6.45) is 5.50. The number of nitrogens with zero attached hydrogens (tertiary/aromatic N) is 5. The molecule has 2 aromatic rings. The van der Waals surface area contributed by atoms with Crippen molar-refractivity contribution in [3.63, 3.8) is 0 Å². The maximum absolute atomic E-state index is 12.6. The lowest BCUT2D eigenvalue weighted by Gasteiger charge is -2.32. The molecule has 2 aromatic heterocycles. The first-order valence-electron chi connectivity index (χ1n) is 7.64. The standard InChI is InChI=1S/C15H21N5OS/c1-10-4-6-20(7-5-10)15(21)11(2)22-14-12-8-18-19(3)13(12)16-9-17-14/h8-11H,4-7H2,1-3H3. The smallest absolute Gasteiger partial charge is 0.235 e. The lowest BCUT2D eigenvalue weighted by molar-refractivity contribution is -0.131. The number of carbonyl (C=O) groups excluding carboxylic acids is 1. The second-order valence-electron chi connectivity index (χ2n) is 5.95. The summed E-state index contributed by atoms with van der Waals surface area (Å²) in [6, 6.07) is 0. The Hall–Kier alpha value is -1.63. The maximum Gasteiger partial charge on any atom is 0.235 e. The fraction of sp³-hybridized carbons (Fsp3) is 0.600. The molecular weight excluding hydrogens is 298 g/mol. The van der Waals surface area contributed by atoms with Crippen LogP contribution >= 0.6 is 11.8 Å². The quantitative estimate of drug-likeness (QED) is 0.640. The number of piperidine rings is 1. The molecule has 1 unspecified atom stereocenters. The number of rotatable bonds is 3. The normalized spacial score (nSPS) is 17.9. The molecule has 0 aliphatic carbocycles. The van der Waals surface area contributed by atoms with E-state index in [2.05, 4.69) is 22.0 Å². The Morgan fingerprint density at radius 1 is 1.36 bits per heavy atom. The average molecular weight is 319 g/mol. The first-order chi connectivity index (χ1) is 10.6. The monoisotopic (exact) mass is 319 g/mol. The van der Waals surface area contributed by atoms with Crippen LogP contribution in [0.5, 0.6) is 0 Å². The van der Waals surface area contributed by atoms with Gasteiger partial charge in [-0.1, -0.05) is 18.7 Å². The van der Waals surface area contributed by atoms with E-state index >= 15 is 0 Å². The molecule has 0 N–H and O–H groups in total. The lowest BCUT2D eigenvalue weighted by atomic mass is 9.99. The van der Waals surface area contributed by atoms with Crippen molar-refractivity contribution < 1.29 is 4.79 Å². The molecule has 1 aliphatic rings. The van der Waals surface area contributed by atoms with Crippen LogP contribution in [0.2, 0.25) is 0 Å². The number of aryl methyl sites for hydroxylation is 1. The van der Waals surface area contributed by atoms with E-state index in [-0.39, 0.29) is 11.2 Å². The summed E-state index contributed by atoms with van der Waals surface area (Å²) >= 11 is 1.49. The summed E-state index contributed by atoms with van der Waals surface area (Å²) < 4.78 is 1.72. The Morgan fingerprint density at radius 3 is 2.82 bits per heavy atom. The van der Waals surface area contributed by atoms with Crippen LogP contribution in [-0.4, -0.2) is 48.9 Å². The van der Waals surface area contributed by atoms with Crippen molar-refractivity contribution >= 4 is 28.7 Å². The van der Waals surface area contributed by atoms with Crippen LogP contribution in [-0.2, 0) is 11.8 Å². The molecule has 1 saturated heterocycles. The summed E-state index contributed by atoms with van der Waals surface area (Å²) in [5.74, 6) is 0.927. The SMILES string of the molecule is CC1CCN(C(=O)C(C)Sc2ncnc3c2cnn3C)CC1. The van der Waals surface area contributed by atoms with E-state index in [0.29, 0.717) is 0 Å². The Balaban J connectivity index is 1.72. The largest absolute Gasteiger partial charge is 0.342 e. The summed E-state index contributed by atoms with van der Waals surface area (Å²) in [7, 11) is 1.85. The third kappa shape index (κ3) is 2.95. The zero-order valence-corrected chi connectivity index (χ0v) is 14.0. The molecule has 6 nitrogen and oxygen atoms in total. The third-order valence-corrected chi connectivity index (χ3v) is 5.33. The highest BCUT2D eigenvalue weighted by atomic mass is 32.2. The van der Waals surface area contributed by atoms with Crippen molar-refractivity contribution in [1.82, 2.24) is 24.6 Å². The van der Waals surface area contributed by atoms with Gasteiger partial charge in [-0.3, -0.25) is 9.48 Å². The molecule has 1 fully saturated rings. The molecule has 1 amide bonds. The Morgan fingerprint density at radius 2 is 2.09 bits per heavy atom. The molecule has 1 aliphatic heterocycles. The second kappa shape index (κ2) is 6.24. The van der Waals surface area contributed by atoms with Gasteiger partial charge in [0.25, 0.3) is 0 Å². The summed E-state index contributed by atoms with van der Waals surface area (Å²) in [4.78, 5) is 23.1. The van der Waals surface area contributed by atoms with Crippen molar-refractivity contribution in [2.24, 2.45) is 13.0 Å². The van der Waals surface area contributed by atoms with Gasteiger partial charge < -0.3 is 4.90 Å². The van der Waals surface area contributed by atoms with Gasteiger partial charge in [0.2, 0.25) is 5.91 Å². The molecule has 0 aromatic carbocycles. The van der Waals surface area contributed by atoms with Crippen LogP contribution in [0, 0.1) is 5.92 Å². The first-order valence-corrected chi connectivity index (χ1v) is 8.52. The molecule has 118 valence electrons. The van der Waals surface area contributed by atoms with E-state index in [1.807, 2.05) is 18.9 Å². The van der Waals surface area contributed by atoms with Crippen LogP contribution in [0.1, 0.15) is 26.7 Å². The minimum Gasteiger partial charge on any atom is -0.342 e. The van der Waals surface area contributed by atoms with E-state index in [1.165, 1.54) is 18.1 Å². The molecule has 3 rings (SSSR count). The predicted octanol–water partition coefficient (Wildman–Crippen LogP) is 2.10. The zero-order chi connectivity index (χ0) is 15.7. The van der Waals surface area contributed by atoms with E-state index in [4.69, 9.17) is 0 Å². The van der Waals surface area contributed by atoms with Gasteiger partial charge >= 0.3 is 0 Å². The fourth-order valence-corrected chi connectivity index (χ4v) is 3.70. The number of carbonyl (C=O) groups is 1. The molecule has 0 bridgehead atoms. The Kier molecular flexibility index (Phi) is 4.33. The number of amides is 1. The summed E-state index contributed by atoms with van der Waals surface area (Å²) in [5, 5.41) is 5.79. The highest BCUT2D eigenvalue weighted by Gasteiger charge is 2.26. The molecule has 7 heteroatoms. The molecule has 3 heterocycles. The van der Waals surface area contributed by atoms with Crippen LogP contribution in [0.3, 0.4) is 0 Å². The van der Waals surface area contributed by atoms with Crippen molar-refractivity contribution in [2.45, 2.75) is 37.0 Å². The van der Waals surface area contributed by atoms with Crippen LogP contribution in [0.4, 0.5) is 0 Å². The van der Waals surface area contributed by atoms with Crippen LogP contribution in [0.25, 0.3) is 11.0 Å². The second-order valence-corrected chi connectivity index (χ2v) is 7.28. The summed E-state index contributed by atoms with van der Waals surface area (Å²) in [5.41, 5.74) is 0.795. The van der Waals surface area contributed by atoms with Crippen LogP contribution in [0.15, 0.2) is 17.6 Å². The fourth-order valence-electron chi connectivity index (χ4n) is 2.74. The Bertz CT molecular complexity index is 678. The maximum atomic E-state index is 12.6. The molecule has 0 saturated carbocycles. The number of hydrogen-bond acceptors (Lipinski definition) is 5. The van der Waals surface area contributed by atoms with Crippen molar-refractivity contribution in [1.29, 1.82) is 0 Å². The number of hydrogen-bond donors (Lipinski definition) is 0. The number of thioether (sulfide) groups is 1. The lowest BCUT2D eigenvalue weighted by Crippen LogP contribution is -2.41. The minimum atomic E-state index is -0.147. The average Bonchev–Trinajstić information content (AvgIpc) is 2.90. The third-order valence-electron chi connectivity index (χ3n) is 4.22. The van der Waals surface area contributed by atoms with Gasteiger partial charge in [0.15, 0.2) is 5.65 Å². The number of fused-ring (bicyclic) bond motifs is 1. The van der Waals surface area contributed by atoms with Crippen molar-refractivity contribution in [3.05, 3.63) is 12.5 Å². The van der Waals surface area contributed by atoms with Gasteiger partial charge in [0, 0.05) is 20.1 Å². The van der Waals surface area contributed by atoms with Gasteiger partial charge in [0.1, 0.15) is 11.4 Å². The zero-order valence-electron chi connectivity index (χ0n) is 13.2. The Labute approximate surface area is 134 Å². The molecule has 22 heavy (non-hydrogen) atoms. The molecule has 0 radical (unpaired) electrons. The number of likely N-dealkylation sites (tertiary alicyclic amines) is 1. The van der Waals surface area contributed by atoms with Crippen LogP contribution < -0.4 is 0 Å². The highest BCUT2D eigenvalue weighted by molar-refractivity contribution is 8.00. The summed E-state index contributed by atoms with van der Waals surface area (Å²) in [6.45, 7) is 5.95. The van der Waals surface area contributed by atoms with Crippen molar-refractivity contribution in [3.8, 4) is 0 Å². The molecular formula is C15H21N5OS. The topological polar surface area (TPSA) is 63.9 Å². The molecule has 0 spiro atoms. The van der Waals surface area contributed by atoms with Gasteiger partial charge in [-0.15, -0.1) is 0 Å². The number of aromatic nitrogens is 4. The van der Waals surface area contributed by atoms with Gasteiger partial charge in [-0.05, 0) is 25.7 Å². The van der Waals surface area contributed by atoms with E-state index in [1.54, 1.807) is 10.9 Å².